The van der Waals surface area contributed by atoms with Gasteiger partial charge in [-0.25, -0.2) is 18.4 Å². The van der Waals surface area contributed by atoms with Crippen molar-refractivity contribution < 1.29 is 23.0 Å². The molecule has 9 heteroatoms. The maximum absolute atomic E-state index is 13.1. The molecule has 0 saturated heterocycles. The highest BCUT2D eigenvalue weighted by Gasteiger charge is 2.16. The van der Waals surface area contributed by atoms with E-state index >= 15 is 0 Å². The molecule has 6 nitrogen and oxygen atoms in total. The van der Waals surface area contributed by atoms with Crippen molar-refractivity contribution in [1.82, 2.24) is 14.8 Å². The second-order valence-corrected chi connectivity index (χ2v) is 6.73. The zero-order valence-electron chi connectivity index (χ0n) is 15.6. The van der Waals surface area contributed by atoms with E-state index in [9.17, 15) is 13.6 Å². The first kappa shape index (κ1) is 19.8. The molecule has 2 heterocycles. The van der Waals surface area contributed by atoms with Crippen molar-refractivity contribution in [2.45, 2.75) is 13.3 Å². The van der Waals surface area contributed by atoms with Crippen LogP contribution in [0.2, 0.25) is 5.02 Å². The van der Waals surface area contributed by atoms with Gasteiger partial charge in [0.15, 0.2) is 0 Å². The van der Waals surface area contributed by atoms with Gasteiger partial charge in [-0.2, -0.15) is 0 Å². The molecular formula is C21H14ClF2N3O3. The summed E-state index contributed by atoms with van der Waals surface area (Å²) >= 11 is 5.90. The molecule has 0 amide bonds. The fourth-order valence-corrected chi connectivity index (χ4v) is 2.95. The highest BCUT2D eigenvalue weighted by molar-refractivity contribution is 6.30. The lowest BCUT2D eigenvalue weighted by atomic mass is 10.1. The third-order valence-electron chi connectivity index (χ3n) is 4.12. The van der Waals surface area contributed by atoms with Gasteiger partial charge in [-0.3, -0.25) is 4.79 Å². The van der Waals surface area contributed by atoms with E-state index in [0.717, 1.165) is 11.8 Å². The maximum atomic E-state index is 13.1. The molecular weight excluding hydrogens is 416 g/mol. The SMILES string of the molecule is CC(=O)Oc1cc(C(F)F)nc2ccc(Oc3ccn(-c4ccc(Cl)cc4)n3)cc12. The average Bonchev–Trinajstić information content (AvgIpc) is 3.16. The van der Waals surface area contributed by atoms with Crippen LogP contribution in [0, 0.1) is 0 Å². The number of rotatable bonds is 5. The third-order valence-corrected chi connectivity index (χ3v) is 4.37. The molecule has 0 spiro atoms. The van der Waals surface area contributed by atoms with Crippen molar-refractivity contribution in [3.63, 3.8) is 0 Å². The zero-order valence-corrected chi connectivity index (χ0v) is 16.3. The first-order valence-electron chi connectivity index (χ1n) is 8.80. The number of fused-ring (bicyclic) bond motifs is 1. The molecule has 0 bridgehead atoms. The van der Waals surface area contributed by atoms with Crippen LogP contribution < -0.4 is 9.47 Å². The number of alkyl halides is 2. The monoisotopic (exact) mass is 429 g/mol. The Morgan fingerprint density at radius 3 is 2.57 bits per heavy atom. The van der Waals surface area contributed by atoms with E-state index in [0.29, 0.717) is 22.0 Å². The number of pyridine rings is 1. The second kappa shape index (κ2) is 8.08. The molecule has 152 valence electrons. The number of carbonyl (C=O) groups is 1. The summed E-state index contributed by atoms with van der Waals surface area (Å²) in [5.41, 5.74) is 0.575. The molecule has 0 aliphatic rings. The number of nitrogens with zero attached hydrogens (tertiary/aromatic N) is 3. The minimum atomic E-state index is -2.79. The summed E-state index contributed by atoms with van der Waals surface area (Å²) in [5, 5.41) is 5.33. The molecule has 0 unspecified atom stereocenters. The Balaban J connectivity index is 1.66. The Morgan fingerprint density at radius 1 is 1.10 bits per heavy atom. The van der Waals surface area contributed by atoms with Crippen molar-refractivity contribution in [1.29, 1.82) is 0 Å². The molecule has 4 aromatic rings. The highest BCUT2D eigenvalue weighted by Crippen LogP contribution is 2.33. The van der Waals surface area contributed by atoms with Crippen LogP contribution in [0.4, 0.5) is 8.78 Å². The Labute approximate surface area is 174 Å². The summed E-state index contributed by atoms with van der Waals surface area (Å²) < 4.78 is 38.7. The van der Waals surface area contributed by atoms with Crippen LogP contribution in [0.5, 0.6) is 17.4 Å². The van der Waals surface area contributed by atoms with Crippen LogP contribution in [0.3, 0.4) is 0 Å². The predicted octanol–water partition coefficient (Wildman–Crippen LogP) is 5.73. The normalized spacial score (nSPS) is 11.1. The molecule has 2 aromatic heterocycles. The van der Waals surface area contributed by atoms with E-state index in [2.05, 4.69) is 10.1 Å². The smallest absolute Gasteiger partial charge is 0.308 e. The van der Waals surface area contributed by atoms with E-state index in [1.54, 1.807) is 41.2 Å². The quantitative estimate of drug-likeness (QED) is 0.379. The first-order chi connectivity index (χ1) is 14.4. The molecule has 0 saturated carbocycles. The summed E-state index contributed by atoms with van der Waals surface area (Å²) in [6.45, 7) is 1.19. The van der Waals surface area contributed by atoms with Crippen LogP contribution in [0.1, 0.15) is 19.0 Å². The Morgan fingerprint density at radius 2 is 1.87 bits per heavy atom. The van der Waals surface area contributed by atoms with Gasteiger partial charge < -0.3 is 9.47 Å². The highest BCUT2D eigenvalue weighted by atomic mass is 35.5. The Bertz CT molecular complexity index is 1230. The Kier molecular flexibility index (Phi) is 5.33. The van der Waals surface area contributed by atoms with Gasteiger partial charge in [0.05, 0.1) is 11.2 Å². The van der Waals surface area contributed by atoms with Crippen LogP contribution in [0.15, 0.2) is 60.8 Å². The lowest BCUT2D eigenvalue weighted by Gasteiger charge is -2.10. The first-order valence-corrected chi connectivity index (χ1v) is 9.17. The van der Waals surface area contributed by atoms with Gasteiger partial charge in [-0.05, 0) is 42.5 Å². The van der Waals surface area contributed by atoms with Gasteiger partial charge in [-0.1, -0.05) is 11.6 Å². The standard InChI is InChI=1S/C21H14ClF2N3O3/c1-12(28)29-19-11-18(21(23)24)25-17-7-6-15(10-16(17)19)30-20-8-9-27(26-20)14-4-2-13(22)3-5-14/h2-11,21H,1H3. The van der Waals surface area contributed by atoms with E-state index in [1.165, 1.54) is 13.0 Å². The molecule has 0 aliphatic carbocycles. The van der Waals surface area contributed by atoms with Gasteiger partial charge in [0, 0.05) is 35.7 Å². The predicted molar refractivity (Wildman–Crippen MR) is 107 cm³/mol. The van der Waals surface area contributed by atoms with Crippen molar-refractivity contribution in [3.8, 4) is 23.1 Å². The molecule has 0 fully saturated rings. The summed E-state index contributed by atoms with van der Waals surface area (Å²) in [5.74, 6) is 0.0510. The number of ether oxygens (including phenoxy) is 2. The zero-order chi connectivity index (χ0) is 21.3. The molecule has 0 radical (unpaired) electrons. The fourth-order valence-electron chi connectivity index (χ4n) is 2.83. The van der Waals surface area contributed by atoms with Crippen LogP contribution in [0.25, 0.3) is 16.6 Å². The number of benzene rings is 2. The second-order valence-electron chi connectivity index (χ2n) is 6.30. The van der Waals surface area contributed by atoms with Gasteiger partial charge in [-0.15, -0.1) is 5.10 Å². The average molecular weight is 430 g/mol. The Hall–Kier alpha value is -3.52. The fraction of sp³-hybridized carbons (Fsp3) is 0.0952. The lowest BCUT2D eigenvalue weighted by Crippen LogP contribution is -2.04. The number of halogens is 3. The van der Waals surface area contributed by atoms with Gasteiger partial charge >= 0.3 is 5.97 Å². The number of hydrogen-bond acceptors (Lipinski definition) is 5. The number of aromatic nitrogens is 3. The minimum Gasteiger partial charge on any atom is -0.438 e. The number of carbonyl (C=O) groups excluding carboxylic acids is 1. The summed E-state index contributed by atoms with van der Waals surface area (Å²) in [6, 6.07) is 14.5. The lowest BCUT2D eigenvalue weighted by molar-refractivity contribution is -0.131. The largest absolute Gasteiger partial charge is 0.438 e. The summed E-state index contributed by atoms with van der Waals surface area (Å²) in [4.78, 5) is 15.3. The topological polar surface area (TPSA) is 66.2 Å². The van der Waals surface area contributed by atoms with Crippen LogP contribution >= 0.6 is 11.6 Å². The minimum absolute atomic E-state index is 0.0139. The van der Waals surface area contributed by atoms with Gasteiger partial charge in [0.2, 0.25) is 5.88 Å². The van der Waals surface area contributed by atoms with Crippen molar-refractivity contribution in [2.75, 3.05) is 0 Å². The van der Waals surface area contributed by atoms with Crippen molar-refractivity contribution >= 4 is 28.5 Å². The van der Waals surface area contributed by atoms with Gasteiger partial charge in [0.1, 0.15) is 17.2 Å². The van der Waals surface area contributed by atoms with Crippen LogP contribution in [-0.2, 0) is 4.79 Å². The van der Waals surface area contributed by atoms with Crippen molar-refractivity contribution in [3.05, 3.63) is 71.5 Å². The molecule has 0 aliphatic heterocycles. The summed E-state index contributed by atoms with van der Waals surface area (Å²) in [6.07, 6.45) is -1.07. The third kappa shape index (κ3) is 4.23. The van der Waals surface area contributed by atoms with E-state index < -0.39 is 18.1 Å². The van der Waals surface area contributed by atoms with E-state index in [4.69, 9.17) is 21.1 Å². The van der Waals surface area contributed by atoms with Crippen LogP contribution in [-0.4, -0.2) is 20.7 Å². The van der Waals surface area contributed by atoms with E-state index in [1.807, 2.05) is 12.1 Å². The molecule has 30 heavy (non-hydrogen) atoms. The van der Waals surface area contributed by atoms with E-state index in [-0.39, 0.29) is 11.3 Å². The summed E-state index contributed by atoms with van der Waals surface area (Å²) in [7, 11) is 0. The molecule has 4 rings (SSSR count). The number of esters is 1. The molecule has 2 aromatic carbocycles. The maximum Gasteiger partial charge on any atom is 0.308 e. The van der Waals surface area contributed by atoms with Crippen molar-refractivity contribution in [2.24, 2.45) is 0 Å². The molecule has 0 N–H and O–H groups in total. The molecule has 0 atom stereocenters. The number of hydrogen-bond donors (Lipinski definition) is 0. The van der Waals surface area contributed by atoms with Gasteiger partial charge in [0.25, 0.3) is 6.43 Å².